The zero-order valence-electron chi connectivity index (χ0n) is 11.4. The molecule has 1 aliphatic carbocycles. The molecule has 1 aromatic heterocycles. The second-order valence-electron chi connectivity index (χ2n) is 5.13. The van der Waals surface area contributed by atoms with E-state index in [0.717, 1.165) is 28.2 Å². The molecule has 0 amide bonds. The minimum atomic E-state index is 0.401. The van der Waals surface area contributed by atoms with E-state index < -0.39 is 0 Å². The van der Waals surface area contributed by atoms with Gasteiger partial charge < -0.3 is 14.6 Å². The van der Waals surface area contributed by atoms with E-state index in [1.807, 2.05) is 25.1 Å². The third-order valence-corrected chi connectivity index (χ3v) is 4.01. The van der Waals surface area contributed by atoms with Gasteiger partial charge >= 0.3 is 0 Å². The lowest BCUT2D eigenvalue weighted by atomic mass is 10.2. The zero-order chi connectivity index (χ0) is 13.9. The lowest BCUT2D eigenvalue weighted by molar-refractivity contribution is 0.248. The average molecular weight is 337 g/mol. The number of hydrogen-bond donors (Lipinski definition) is 1. The van der Waals surface area contributed by atoms with Crippen LogP contribution in [0.4, 0.5) is 0 Å². The van der Waals surface area contributed by atoms with Gasteiger partial charge in [0, 0.05) is 23.1 Å². The maximum Gasteiger partial charge on any atom is 0.174 e. The van der Waals surface area contributed by atoms with Crippen molar-refractivity contribution < 1.29 is 9.26 Å². The van der Waals surface area contributed by atoms with Crippen LogP contribution in [0.15, 0.2) is 33.3 Å². The molecule has 0 spiro atoms. The van der Waals surface area contributed by atoms with Crippen molar-refractivity contribution in [3.05, 3.63) is 45.8 Å². The van der Waals surface area contributed by atoms with Gasteiger partial charge in [0.2, 0.25) is 0 Å². The number of benzene rings is 1. The molecular weight excluding hydrogens is 320 g/mol. The minimum absolute atomic E-state index is 0.401. The smallest absolute Gasteiger partial charge is 0.174 e. The summed E-state index contributed by atoms with van der Waals surface area (Å²) in [5, 5.41) is 7.35. The van der Waals surface area contributed by atoms with Gasteiger partial charge in [0.25, 0.3) is 0 Å². The zero-order valence-corrected chi connectivity index (χ0v) is 12.9. The highest BCUT2D eigenvalue weighted by Gasteiger charge is 2.20. The summed E-state index contributed by atoms with van der Waals surface area (Å²) in [6.45, 7) is 3.16. The molecule has 1 aliphatic rings. The van der Waals surface area contributed by atoms with Crippen LogP contribution >= 0.6 is 15.9 Å². The number of aromatic nitrogens is 1. The SMILES string of the molecule is Cc1cc(COc2ccc(Br)c(CNC3CC3)c2)on1. The Hall–Kier alpha value is -1.33. The van der Waals surface area contributed by atoms with Crippen molar-refractivity contribution in [3.63, 3.8) is 0 Å². The quantitative estimate of drug-likeness (QED) is 0.875. The molecule has 1 N–H and O–H groups in total. The fourth-order valence-corrected chi connectivity index (χ4v) is 2.34. The Labute approximate surface area is 126 Å². The fourth-order valence-electron chi connectivity index (χ4n) is 1.96. The second kappa shape index (κ2) is 5.97. The van der Waals surface area contributed by atoms with Crippen LogP contribution in [0.5, 0.6) is 5.75 Å². The Morgan fingerprint density at radius 1 is 1.40 bits per heavy atom. The predicted molar refractivity (Wildman–Crippen MR) is 79.6 cm³/mol. The van der Waals surface area contributed by atoms with Crippen LogP contribution in [0.25, 0.3) is 0 Å². The molecule has 3 rings (SSSR count). The van der Waals surface area contributed by atoms with Crippen molar-refractivity contribution in [3.8, 4) is 5.75 Å². The Balaban J connectivity index is 1.61. The highest BCUT2D eigenvalue weighted by atomic mass is 79.9. The van der Waals surface area contributed by atoms with Gasteiger partial charge in [-0.05, 0) is 43.5 Å². The molecule has 0 saturated heterocycles. The first-order valence-electron chi connectivity index (χ1n) is 6.77. The number of nitrogens with one attached hydrogen (secondary N) is 1. The monoisotopic (exact) mass is 336 g/mol. The molecule has 106 valence electrons. The van der Waals surface area contributed by atoms with Gasteiger partial charge in [-0.1, -0.05) is 21.1 Å². The van der Waals surface area contributed by atoms with E-state index in [2.05, 4.69) is 32.5 Å². The molecule has 20 heavy (non-hydrogen) atoms. The molecule has 1 fully saturated rings. The van der Waals surface area contributed by atoms with E-state index >= 15 is 0 Å². The van der Waals surface area contributed by atoms with Crippen molar-refractivity contribution in [2.24, 2.45) is 0 Å². The van der Waals surface area contributed by atoms with E-state index in [9.17, 15) is 0 Å². The highest BCUT2D eigenvalue weighted by Crippen LogP contribution is 2.25. The van der Waals surface area contributed by atoms with Gasteiger partial charge in [-0.25, -0.2) is 0 Å². The molecule has 5 heteroatoms. The average Bonchev–Trinajstić information content (AvgIpc) is 3.18. The summed E-state index contributed by atoms with van der Waals surface area (Å²) in [7, 11) is 0. The molecule has 0 radical (unpaired) electrons. The Morgan fingerprint density at radius 2 is 2.25 bits per heavy atom. The molecule has 0 unspecified atom stereocenters. The van der Waals surface area contributed by atoms with Crippen LogP contribution in [0.1, 0.15) is 29.9 Å². The molecule has 1 heterocycles. The standard InChI is InChI=1S/C15H17BrN2O2/c1-10-6-14(20-18-10)9-19-13-4-5-15(16)11(7-13)8-17-12-2-3-12/h4-7,12,17H,2-3,8-9H2,1H3. The summed E-state index contributed by atoms with van der Waals surface area (Å²) in [6, 6.07) is 8.61. The number of aryl methyl sites for hydroxylation is 1. The topological polar surface area (TPSA) is 47.3 Å². The van der Waals surface area contributed by atoms with Crippen LogP contribution in [-0.4, -0.2) is 11.2 Å². The van der Waals surface area contributed by atoms with Crippen molar-refractivity contribution in [1.82, 2.24) is 10.5 Å². The lowest BCUT2D eigenvalue weighted by Crippen LogP contribution is -2.15. The lowest BCUT2D eigenvalue weighted by Gasteiger charge is -2.09. The number of halogens is 1. The summed E-state index contributed by atoms with van der Waals surface area (Å²) in [5.74, 6) is 1.58. The van der Waals surface area contributed by atoms with E-state index in [1.54, 1.807) is 0 Å². The van der Waals surface area contributed by atoms with E-state index in [4.69, 9.17) is 9.26 Å². The maximum absolute atomic E-state index is 5.74. The van der Waals surface area contributed by atoms with Crippen LogP contribution in [0, 0.1) is 6.92 Å². The van der Waals surface area contributed by atoms with Gasteiger partial charge in [0.1, 0.15) is 12.4 Å². The second-order valence-corrected chi connectivity index (χ2v) is 5.99. The first-order chi connectivity index (χ1) is 9.70. The van der Waals surface area contributed by atoms with Crippen LogP contribution in [-0.2, 0) is 13.2 Å². The molecule has 1 aromatic carbocycles. The largest absolute Gasteiger partial charge is 0.486 e. The Morgan fingerprint density at radius 3 is 2.95 bits per heavy atom. The van der Waals surface area contributed by atoms with Gasteiger partial charge in [0.15, 0.2) is 5.76 Å². The van der Waals surface area contributed by atoms with Crippen LogP contribution < -0.4 is 10.1 Å². The first kappa shape index (κ1) is 13.6. The number of ether oxygens (including phenoxy) is 1. The summed E-state index contributed by atoms with van der Waals surface area (Å²) < 4.78 is 12.0. The molecule has 2 aromatic rings. The van der Waals surface area contributed by atoms with Gasteiger partial charge in [-0.2, -0.15) is 0 Å². The summed E-state index contributed by atoms with van der Waals surface area (Å²) in [4.78, 5) is 0. The fraction of sp³-hybridized carbons (Fsp3) is 0.400. The maximum atomic E-state index is 5.74. The number of hydrogen-bond acceptors (Lipinski definition) is 4. The predicted octanol–water partition coefficient (Wildman–Crippen LogP) is 3.58. The van der Waals surface area contributed by atoms with Crippen molar-refractivity contribution >= 4 is 15.9 Å². The summed E-state index contributed by atoms with van der Waals surface area (Å²) in [6.07, 6.45) is 2.58. The van der Waals surface area contributed by atoms with Crippen molar-refractivity contribution in [1.29, 1.82) is 0 Å². The minimum Gasteiger partial charge on any atom is -0.486 e. The Kier molecular flexibility index (Phi) is 4.08. The summed E-state index contributed by atoms with van der Waals surface area (Å²) >= 11 is 3.58. The van der Waals surface area contributed by atoms with Gasteiger partial charge in [0.05, 0.1) is 5.69 Å². The van der Waals surface area contributed by atoms with Crippen molar-refractivity contribution in [2.75, 3.05) is 0 Å². The molecule has 0 atom stereocenters. The van der Waals surface area contributed by atoms with E-state index in [0.29, 0.717) is 12.6 Å². The number of nitrogens with zero attached hydrogens (tertiary/aromatic N) is 1. The number of rotatable bonds is 6. The molecule has 4 nitrogen and oxygen atoms in total. The van der Waals surface area contributed by atoms with Crippen LogP contribution in [0.3, 0.4) is 0 Å². The third-order valence-electron chi connectivity index (χ3n) is 3.23. The molecule has 0 aliphatic heterocycles. The Bertz CT molecular complexity index is 593. The molecular formula is C15H17BrN2O2. The summed E-state index contributed by atoms with van der Waals surface area (Å²) in [5.41, 5.74) is 2.08. The van der Waals surface area contributed by atoms with Gasteiger partial charge in [-0.15, -0.1) is 0 Å². The van der Waals surface area contributed by atoms with E-state index in [1.165, 1.54) is 18.4 Å². The molecule has 1 saturated carbocycles. The normalized spacial score (nSPS) is 14.5. The van der Waals surface area contributed by atoms with Crippen LogP contribution in [0.2, 0.25) is 0 Å². The molecule has 0 bridgehead atoms. The third kappa shape index (κ3) is 3.61. The van der Waals surface area contributed by atoms with Crippen molar-refractivity contribution in [2.45, 2.75) is 39.0 Å². The highest BCUT2D eigenvalue weighted by molar-refractivity contribution is 9.10. The van der Waals surface area contributed by atoms with E-state index in [-0.39, 0.29) is 0 Å². The first-order valence-corrected chi connectivity index (χ1v) is 7.57. The van der Waals surface area contributed by atoms with Gasteiger partial charge in [-0.3, -0.25) is 0 Å².